The molecular formula is C20H31N3O3. The summed E-state index contributed by atoms with van der Waals surface area (Å²) < 4.78 is 5.17. The minimum atomic E-state index is -0.120. The maximum atomic E-state index is 12.0. The Kier molecular flexibility index (Phi) is 8.96. The smallest absolute Gasteiger partial charge is 0.315 e. The fraction of sp³-hybridized carbons (Fsp3) is 0.600. The Morgan fingerprint density at radius 3 is 2.54 bits per heavy atom. The van der Waals surface area contributed by atoms with Gasteiger partial charge < -0.3 is 20.7 Å². The molecule has 0 bridgehead atoms. The van der Waals surface area contributed by atoms with E-state index >= 15 is 0 Å². The van der Waals surface area contributed by atoms with Crippen LogP contribution in [0.2, 0.25) is 0 Å². The van der Waals surface area contributed by atoms with Crippen molar-refractivity contribution in [3.63, 3.8) is 0 Å². The number of amides is 3. The Morgan fingerprint density at radius 2 is 1.81 bits per heavy atom. The van der Waals surface area contributed by atoms with Crippen molar-refractivity contribution < 1.29 is 14.3 Å². The lowest BCUT2D eigenvalue weighted by Gasteiger charge is -2.22. The zero-order chi connectivity index (χ0) is 18.6. The van der Waals surface area contributed by atoms with Gasteiger partial charge in [0.1, 0.15) is 0 Å². The van der Waals surface area contributed by atoms with E-state index < -0.39 is 0 Å². The molecule has 0 saturated heterocycles. The predicted molar refractivity (Wildman–Crippen MR) is 102 cm³/mol. The molecule has 26 heavy (non-hydrogen) atoms. The molecule has 3 amide bonds. The van der Waals surface area contributed by atoms with E-state index in [1.54, 1.807) is 7.11 Å². The highest BCUT2D eigenvalue weighted by molar-refractivity contribution is 5.76. The Hall–Kier alpha value is -2.08. The first kappa shape index (κ1) is 20.2. The molecule has 1 aliphatic carbocycles. The van der Waals surface area contributed by atoms with E-state index in [9.17, 15) is 9.59 Å². The Bertz CT molecular complexity index is 571. The number of nitrogens with one attached hydrogen (secondary N) is 3. The Morgan fingerprint density at radius 1 is 1.08 bits per heavy atom. The quantitative estimate of drug-likeness (QED) is 0.592. The van der Waals surface area contributed by atoms with E-state index in [1.165, 1.54) is 19.3 Å². The molecular weight excluding hydrogens is 330 g/mol. The molecule has 6 heteroatoms. The summed E-state index contributed by atoms with van der Waals surface area (Å²) >= 11 is 0. The first-order valence-electron chi connectivity index (χ1n) is 9.56. The largest absolute Gasteiger partial charge is 0.380 e. The maximum Gasteiger partial charge on any atom is 0.315 e. The number of carbonyl (C=O) groups is 2. The molecule has 1 aromatic rings. The van der Waals surface area contributed by atoms with Crippen LogP contribution in [0.15, 0.2) is 24.3 Å². The molecule has 1 aliphatic rings. The normalized spacial score (nSPS) is 14.7. The second kappa shape index (κ2) is 11.5. The summed E-state index contributed by atoms with van der Waals surface area (Å²) in [5, 5.41) is 8.78. The van der Waals surface area contributed by atoms with Crippen LogP contribution in [0.1, 0.15) is 56.1 Å². The predicted octanol–water partition coefficient (Wildman–Crippen LogP) is 2.86. The minimum Gasteiger partial charge on any atom is -0.380 e. The van der Waals surface area contributed by atoms with Crippen LogP contribution in [-0.4, -0.2) is 31.6 Å². The number of carbonyl (C=O) groups excluding carboxylic acids is 2. The molecule has 1 fully saturated rings. The van der Waals surface area contributed by atoms with E-state index in [0.717, 1.165) is 24.0 Å². The van der Waals surface area contributed by atoms with Crippen LogP contribution < -0.4 is 16.0 Å². The average molecular weight is 361 g/mol. The molecule has 0 heterocycles. The van der Waals surface area contributed by atoms with Gasteiger partial charge in [0.25, 0.3) is 0 Å². The van der Waals surface area contributed by atoms with Crippen molar-refractivity contribution in [1.29, 1.82) is 0 Å². The standard InChI is InChI=1S/C20H31N3O3/c1-26-15-17-9-6-5-8-16(17)14-22-19(24)12-7-13-21-20(25)23-18-10-3-2-4-11-18/h5-6,8-9,18H,2-4,7,10-15H2,1H3,(H,22,24)(H2,21,23,25). The molecule has 2 rings (SSSR count). The van der Waals surface area contributed by atoms with Gasteiger partial charge in [-0.3, -0.25) is 4.79 Å². The molecule has 6 nitrogen and oxygen atoms in total. The fourth-order valence-electron chi connectivity index (χ4n) is 3.24. The highest BCUT2D eigenvalue weighted by atomic mass is 16.5. The third-order valence-electron chi connectivity index (χ3n) is 4.70. The van der Waals surface area contributed by atoms with Gasteiger partial charge in [0.15, 0.2) is 0 Å². The monoisotopic (exact) mass is 361 g/mol. The van der Waals surface area contributed by atoms with Gasteiger partial charge in [0, 0.05) is 32.7 Å². The molecule has 3 N–H and O–H groups in total. The van der Waals surface area contributed by atoms with E-state index in [4.69, 9.17) is 4.74 Å². The summed E-state index contributed by atoms with van der Waals surface area (Å²) in [7, 11) is 1.66. The number of methoxy groups -OCH3 is 1. The van der Waals surface area contributed by atoms with Crippen molar-refractivity contribution in [2.24, 2.45) is 0 Å². The summed E-state index contributed by atoms with van der Waals surface area (Å²) in [6.07, 6.45) is 6.82. The van der Waals surface area contributed by atoms with Crippen molar-refractivity contribution in [2.75, 3.05) is 13.7 Å². The van der Waals surface area contributed by atoms with Gasteiger partial charge in [-0.15, -0.1) is 0 Å². The van der Waals surface area contributed by atoms with Crippen molar-refractivity contribution in [3.8, 4) is 0 Å². The van der Waals surface area contributed by atoms with Crippen LogP contribution in [-0.2, 0) is 22.7 Å². The van der Waals surface area contributed by atoms with E-state index in [-0.39, 0.29) is 11.9 Å². The van der Waals surface area contributed by atoms with E-state index in [1.807, 2.05) is 24.3 Å². The summed E-state index contributed by atoms with van der Waals surface area (Å²) in [5.74, 6) is -0.00768. The molecule has 0 spiro atoms. The SMILES string of the molecule is COCc1ccccc1CNC(=O)CCCNC(=O)NC1CCCCC1. The molecule has 0 aliphatic heterocycles. The minimum absolute atomic E-state index is 0.00768. The van der Waals surface area contributed by atoms with Crippen molar-refractivity contribution in [3.05, 3.63) is 35.4 Å². The Labute approximate surface area is 156 Å². The average Bonchev–Trinajstić information content (AvgIpc) is 2.65. The first-order chi connectivity index (χ1) is 12.7. The van der Waals surface area contributed by atoms with Crippen LogP contribution in [0, 0.1) is 0 Å². The van der Waals surface area contributed by atoms with Gasteiger partial charge in [-0.25, -0.2) is 4.79 Å². The van der Waals surface area contributed by atoms with E-state index in [2.05, 4.69) is 16.0 Å². The zero-order valence-electron chi connectivity index (χ0n) is 15.7. The number of urea groups is 1. The van der Waals surface area contributed by atoms with Gasteiger partial charge in [0.05, 0.1) is 6.61 Å². The first-order valence-corrected chi connectivity index (χ1v) is 9.56. The molecule has 144 valence electrons. The molecule has 0 radical (unpaired) electrons. The van der Waals surface area contributed by atoms with Crippen LogP contribution in [0.3, 0.4) is 0 Å². The van der Waals surface area contributed by atoms with Crippen molar-refractivity contribution >= 4 is 11.9 Å². The lowest BCUT2D eigenvalue weighted by molar-refractivity contribution is -0.121. The fourth-order valence-corrected chi connectivity index (χ4v) is 3.24. The van der Waals surface area contributed by atoms with Crippen LogP contribution in [0.4, 0.5) is 4.79 Å². The lowest BCUT2D eigenvalue weighted by Crippen LogP contribution is -2.43. The highest BCUT2D eigenvalue weighted by Crippen LogP contribution is 2.17. The number of hydrogen-bond donors (Lipinski definition) is 3. The number of benzene rings is 1. The van der Waals surface area contributed by atoms with E-state index in [0.29, 0.717) is 38.6 Å². The van der Waals surface area contributed by atoms with Gasteiger partial charge in [-0.1, -0.05) is 43.5 Å². The van der Waals surface area contributed by atoms with Gasteiger partial charge >= 0.3 is 6.03 Å². The molecule has 1 saturated carbocycles. The summed E-state index contributed by atoms with van der Waals surface area (Å²) in [4.78, 5) is 23.8. The van der Waals surface area contributed by atoms with Gasteiger partial charge in [-0.2, -0.15) is 0 Å². The van der Waals surface area contributed by atoms with Gasteiger partial charge in [0.2, 0.25) is 5.91 Å². The highest BCUT2D eigenvalue weighted by Gasteiger charge is 2.15. The Balaban J connectivity index is 1.58. The molecule has 0 aromatic heterocycles. The third kappa shape index (κ3) is 7.44. The third-order valence-corrected chi connectivity index (χ3v) is 4.70. The number of hydrogen-bond acceptors (Lipinski definition) is 3. The second-order valence-electron chi connectivity index (χ2n) is 6.82. The number of rotatable bonds is 9. The van der Waals surface area contributed by atoms with Crippen LogP contribution >= 0.6 is 0 Å². The number of ether oxygens (including phenoxy) is 1. The topological polar surface area (TPSA) is 79.5 Å². The summed E-state index contributed by atoms with van der Waals surface area (Å²) in [6.45, 7) is 1.53. The van der Waals surface area contributed by atoms with Crippen LogP contribution in [0.5, 0.6) is 0 Å². The zero-order valence-corrected chi connectivity index (χ0v) is 15.7. The van der Waals surface area contributed by atoms with Crippen LogP contribution in [0.25, 0.3) is 0 Å². The second-order valence-corrected chi connectivity index (χ2v) is 6.82. The molecule has 1 aromatic carbocycles. The van der Waals surface area contributed by atoms with Crippen molar-refractivity contribution in [1.82, 2.24) is 16.0 Å². The molecule has 0 unspecified atom stereocenters. The maximum absolute atomic E-state index is 12.0. The summed E-state index contributed by atoms with van der Waals surface area (Å²) in [6, 6.07) is 8.09. The lowest BCUT2D eigenvalue weighted by atomic mass is 9.96. The van der Waals surface area contributed by atoms with Gasteiger partial charge in [-0.05, 0) is 30.4 Å². The summed E-state index contributed by atoms with van der Waals surface area (Å²) in [5.41, 5.74) is 2.14. The van der Waals surface area contributed by atoms with Crippen molar-refractivity contribution in [2.45, 2.75) is 64.1 Å². The molecule has 0 atom stereocenters.